The van der Waals surface area contributed by atoms with Gasteiger partial charge in [0.25, 0.3) is 0 Å². The van der Waals surface area contributed by atoms with Crippen molar-refractivity contribution >= 4 is 15.9 Å². The molecule has 1 aromatic carbocycles. The van der Waals surface area contributed by atoms with E-state index in [9.17, 15) is 8.42 Å². The molecule has 0 saturated heterocycles. The molecule has 0 fully saturated rings. The van der Waals surface area contributed by atoms with Gasteiger partial charge in [-0.1, -0.05) is 0 Å². The van der Waals surface area contributed by atoms with Crippen LogP contribution in [0.1, 0.15) is 11.1 Å². The molecule has 1 rings (SSSR count). The Bertz CT molecular complexity index is 479. The summed E-state index contributed by atoms with van der Waals surface area (Å²) >= 11 is 0. The molecule has 5 nitrogen and oxygen atoms in total. The van der Waals surface area contributed by atoms with Gasteiger partial charge in [-0.15, -0.1) is 0 Å². The van der Waals surface area contributed by atoms with Gasteiger partial charge in [-0.3, -0.25) is 5.41 Å². The first-order chi connectivity index (χ1) is 6.32. The third-order valence-corrected chi connectivity index (χ3v) is 2.86. The topological polar surface area (TPSA) is 110 Å². The predicted molar refractivity (Wildman–Crippen MR) is 53.6 cm³/mol. The summed E-state index contributed by atoms with van der Waals surface area (Å²) in [6.07, 6.45) is 0. The highest BCUT2D eigenvalue weighted by atomic mass is 32.2. The van der Waals surface area contributed by atoms with Gasteiger partial charge in [-0.25, -0.2) is 13.6 Å². The van der Waals surface area contributed by atoms with E-state index in [0.29, 0.717) is 11.1 Å². The van der Waals surface area contributed by atoms with Crippen LogP contribution in [0.25, 0.3) is 0 Å². The first-order valence-corrected chi connectivity index (χ1v) is 5.35. The minimum Gasteiger partial charge on any atom is -0.384 e. The van der Waals surface area contributed by atoms with E-state index in [0.717, 1.165) is 0 Å². The van der Waals surface area contributed by atoms with E-state index in [4.69, 9.17) is 16.3 Å². The van der Waals surface area contributed by atoms with Crippen molar-refractivity contribution in [2.24, 2.45) is 10.9 Å². The van der Waals surface area contributed by atoms with Crippen LogP contribution in [0.15, 0.2) is 23.1 Å². The molecule has 0 aliphatic heterocycles. The molecule has 5 N–H and O–H groups in total. The van der Waals surface area contributed by atoms with Crippen molar-refractivity contribution in [2.45, 2.75) is 11.8 Å². The highest BCUT2D eigenvalue weighted by Gasteiger charge is 2.11. The fourth-order valence-electron chi connectivity index (χ4n) is 1.14. The largest absolute Gasteiger partial charge is 0.384 e. The van der Waals surface area contributed by atoms with Crippen LogP contribution in [-0.2, 0) is 10.0 Å². The van der Waals surface area contributed by atoms with Crippen molar-refractivity contribution in [3.63, 3.8) is 0 Å². The first-order valence-electron chi connectivity index (χ1n) is 3.80. The normalized spacial score (nSPS) is 11.3. The monoisotopic (exact) mass is 213 g/mol. The van der Waals surface area contributed by atoms with Crippen molar-refractivity contribution in [2.75, 3.05) is 0 Å². The van der Waals surface area contributed by atoms with E-state index in [1.54, 1.807) is 6.92 Å². The standard InChI is InChI=1S/C8H11N3O2S/c1-5-4-6(8(9)10)2-3-7(5)14(11,12)13/h2-4H,1H3,(H3,9,10)(H2,11,12,13). The molecular formula is C8H11N3O2S. The van der Waals surface area contributed by atoms with Gasteiger partial charge < -0.3 is 5.73 Å². The van der Waals surface area contributed by atoms with E-state index < -0.39 is 10.0 Å². The Labute approximate surface area is 82.3 Å². The number of nitrogens with one attached hydrogen (secondary N) is 1. The van der Waals surface area contributed by atoms with Gasteiger partial charge in [0, 0.05) is 5.56 Å². The summed E-state index contributed by atoms with van der Waals surface area (Å²) in [5.41, 5.74) is 6.21. The van der Waals surface area contributed by atoms with Crippen LogP contribution in [0.2, 0.25) is 0 Å². The molecule has 14 heavy (non-hydrogen) atoms. The summed E-state index contributed by atoms with van der Waals surface area (Å²) in [6, 6.07) is 4.32. The second kappa shape index (κ2) is 3.39. The number of primary sulfonamides is 1. The fraction of sp³-hybridized carbons (Fsp3) is 0.125. The van der Waals surface area contributed by atoms with Crippen LogP contribution >= 0.6 is 0 Å². The Balaban J connectivity index is 3.35. The summed E-state index contributed by atoms with van der Waals surface area (Å²) in [4.78, 5) is 0.0579. The second-order valence-electron chi connectivity index (χ2n) is 2.94. The lowest BCUT2D eigenvalue weighted by Crippen LogP contribution is -2.16. The van der Waals surface area contributed by atoms with Gasteiger partial charge in [-0.2, -0.15) is 0 Å². The van der Waals surface area contributed by atoms with E-state index in [-0.39, 0.29) is 10.7 Å². The summed E-state index contributed by atoms with van der Waals surface area (Å²) in [5, 5.41) is 12.1. The molecule has 0 spiro atoms. The quantitative estimate of drug-likeness (QED) is 0.472. The zero-order chi connectivity index (χ0) is 10.9. The molecule has 0 aromatic heterocycles. The van der Waals surface area contributed by atoms with Gasteiger partial charge in [0.1, 0.15) is 5.84 Å². The molecule has 6 heteroatoms. The summed E-state index contributed by atoms with van der Waals surface area (Å²) in [5.74, 6) is -0.103. The van der Waals surface area contributed by atoms with Crippen LogP contribution < -0.4 is 10.9 Å². The molecule has 0 saturated carbocycles. The van der Waals surface area contributed by atoms with E-state index in [1.807, 2.05) is 0 Å². The second-order valence-corrected chi connectivity index (χ2v) is 4.47. The molecule has 0 amide bonds. The van der Waals surface area contributed by atoms with E-state index >= 15 is 0 Å². The SMILES string of the molecule is Cc1cc(C(=N)N)ccc1S(N)(=O)=O. The number of rotatable bonds is 2. The minimum absolute atomic E-state index is 0.0579. The molecule has 0 atom stereocenters. The Morgan fingerprint density at radius 1 is 1.43 bits per heavy atom. The highest BCUT2D eigenvalue weighted by Crippen LogP contribution is 2.14. The van der Waals surface area contributed by atoms with Crippen LogP contribution in [-0.4, -0.2) is 14.3 Å². The van der Waals surface area contributed by atoms with Gasteiger partial charge in [-0.05, 0) is 30.7 Å². The van der Waals surface area contributed by atoms with E-state index in [2.05, 4.69) is 0 Å². The lowest BCUT2D eigenvalue weighted by atomic mass is 10.1. The first kappa shape index (κ1) is 10.7. The maximum atomic E-state index is 11.0. The van der Waals surface area contributed by atoms with Gasteiger partial charge >= 0.3 is 0 Å². The maximum Gasteiger partial charge on any atom is 0.238 e. The van der Waals surface area contributed by atoms with Crippen molar-refractivity contribution in [3.05, 3.63) is 29.3 Å². The van der Waals surface area contributed by atoms with Gasteiger partial charge in [0.15, 0.2) is 0 Å². The lowest BCUT2D eigenvalue weighted by Gasteiger charge is -2.05. The molecule has 0 radical (unpaired) electrons. The zero-order valence-corrected chi connectivity index (χ0v) is 8.43. The number of aryl methyl sites for hydroxylation is 1. The molecule has 0 heterocycles. The molecule has 0 aliphatic rings. The Morgan fingerprint density at radius 3 is 2.36 bits per heavy atom. The molecule has 76 valence electrons. The van der Waals surface area contributed by atoms with E-state index in [1.165, 1.54) is 18.2 Å². The van der Waals surface area contributed by atoms with Crippen LogP contribution in [0.5, 0.6) is 0 Å². The number of nitrogens with two attached hydrogens (primary N) is 2. The summed E-state index contributed by atoms with van der Waals surface area (Å²) in [7, 11) is -3.69. The van der Waals surface area contributed by atoms with Crippen molar-refractivity contribution in [3.8, 4) is 0 Å². The lowest BCUT2D eigenvalue weighted by molar-refractivity contribution is 0.597. The van der Waals surface area contributed by atoms with Crippen molar-refractivity contribution < 1.29 is 8.42 Å². The summed E-state index contributed by atoms with van der Waals surface area (Å²) in [6.45, 7) is 1.60. The minimum atomic E-state index is -3.69. The third-order valence-electron chi connectivity index (χ3n) is 1.79. The van der Waals surface area contributed by atoms with Crippen molar-refractivity contribution in [1.29, 1.82) is 5.41 Å². The third kappa shape index (κ3) is 2.09. The Kier molecular flexibility index (Phi) is 2.59. The predicted octanol–water partition coefficient (Wildman–Crippen LogP) is -0.0735. The Morgan fingerprint density at radius 2 is 2.00 bits per heavy atom. The number of nitrogen functional groups attached to an aromatic ring is 1. The molecular weight excluding hydrogens is 202 g/mol. The van der Waals surface area contributed by atoms with Crippen LogP contribution in [0.3, 0.4) is 0 Å². The Hall–Kier alpha value is -1.40. The maximum absolute atomic E-state index is 11.0. The van der Waals surface area contributed by atoms with Crippen LogP contribution in [0.4, 0.5) is 0 Å². The van der Waals surface area contributed by atoms with Crippen molar-refractivity contribution in [1.82, 2.24) is 0 Å². The molecule has 1 aromatic rings. The average molecular weight is 213 g/mol. The fourth-order valence-corrected chi connectivity index (χ4v) is 1.90. The van der Waals surface area contributed by atoms with Gasteiger partial charge in [0.05, 0.1) is 4.90 Å². The number of benzene rings is 1. The summed E-state index contributed by atoms with van der Waals surface area (Å²) < 4.78 is 22.1. The number of amidine groups is 1. The smallest absolute Gasteiger partial charge is 0.238 e. The number of hydrogen-bond donors (Lipinski definition) is 3. The highest BCUT2D eigenvalue weighted by molar-refractivity contribution is 7.89. The zero-order valence-electron chi connectivity index (χ0n) is 7.61. The molecule has 0 bridgehead atoms. The molecule has 0 aliphatic carbocycles. The van der Waals surface area contributed by atoms with Gasteiger partial charge in [0.2, 0.25) is 10.0 Å². The average Bonchev–Trinajstić information content (AvgIpc) is 2.01. The number of hydrogen-bond acceptors (Lipinski definition) is 3. The number of sulfonamides is 1. The van der Waals surface area contributed by atoms with Crippen LogP contribution in [0, 0.1) is 12.3 Å². The molecule has 0 unspecified atom stereocenters.